The smallest absolute Gasteiger partial charge is 0.135 e. The Bertz CT molecular complexity index is 242. The average molecular weight is 211 g/mol. The lowest BCUT2D eigenvalue weighted by Gasteiger charge is -2.39. The van der Waals surface area contributed by atoms with Crippen LogP contribution < -0.4 is 0 Å². The van der Waals surface area contributed by atoms with Gasteiger partial charge in [-0.05, 0) is 26.2 Å². The molecule has 0 aromatic heterocycles. The third-order valence-electron chi connectivity index (χ3n) is 3.88. The van der Waals surface area contributed by atoms with Crippen molar-refractivity contribution in [2.45, 2.75) is 57.2 Å². The molecule has 1 saturated heterocycles. The molecule has 2 fully saturated rings. The van der Waals surface area contributed by atoms with E-state index in [0.717, 1.165) is 19.4 Å². The van der Waals surface area contributed by atoms with E-state index in [1.54, 1.807) is 0 Å². The molecule has 2 aliphatic rings. The number of nitrogens with zero attached hydrogens (tertiary/aromatic N) is 1. The summed E-state index contributed by atoms with van der Waals surface area (Å²) < 4.78 is 5.53. The van der Waals surface area contributed by atoms with Gasteiger partial charge in [0.05, 0.1) is 6.10 Å². The van der Waals surface area contributed by atoms with Crippen LogP contribution in [0, 0.1) is 0 Å². The van der Waals surface area contributed by atoms with E-state index in [2.05, 4.69) is 11.8 Å². The van der Waals surface area contributed by atoms with Gasteiger partial charge in [0.15, 0.2) is 0 Å². The maximum atomic E-state index is 11.3. The molecule has 3 unspecified atom stereocenters. The summed E-state index contributed by atoms with van der Waals surface area (Å²) in [4.78, 5) is 13.8. The Morgan fingerprint density at radius 3 is 2.87 bits per heavy atom. The van der Waals surface area contributed by atoms with E-state index < -0.39 is 0 Å². The van der Waals surface area contributed by atoms with Crippen LogP contribution in [-0.4, -0.2) is 42.5 Å². The highest BCUT2D eigenvalue weighted by atomic mass is 16.5. The molecule has 2 rings (SSSR count). The van der Waals surface area contributed by atoms with Gasteiger partial charge in [0.25, 0.3) is 0 Å². The second-order valence-corrected chi connectivity index (χ2v) is 4.85. The molecule has 1 aliphatic heterocycles. The largest absolute Gasteiger partial charge is 0.380 e. The standard InChI is InChI=1S/C12H21NO2/c1-9-8-10(14)6-7-13(9)11-4-3-5-12(11)15-2/h9,11-12H,3-8H2,1-2H3. The molecule has 1 saturated carbocycles. The van der Waals surface area contributed by atoms with Crippen molar-refractivity contribution in [1.29, 1.82) is 0 Å². The van der Waals surface area contributed by atoms with E-state index in [1.807, 2.05) is 7.11 Å². The molecule has 3 atom stereocenters. The van der Waals surface area contributed by atoms with Crippen molar-refractivity contribution in [2.24, 2.45) is 0 Å². The van der Waals surface area contributed by atoms with Crippen molar-refractivity contribution in [2.75, 3.05) is 13.7 Å². The van der Waals surface area contributed by atoms with Gasteiger partial charge < -0.3 is 4.74 Å². The second-order valence-electron chi connectivity index (χ2n) is 4.85. The molecule has 3 heteroatoms. The van der Waals surface area contributed by atoms with Gasteiger partial charge in [0.2, 0.25) is 0 Å². The molecule has 3 nitrogen and oxygen atoms in total. The van der Waals surface area contributed by atoms with Crippen LogP contribution >= 0.6 is 0 Å². The Labute approximate surface area is 91.8 Å². The minimum absolute atomic E-state index is 0.389. The van der Waals surface area contributed by atoms with E-state index in [1.165, 1.54) is 19.3 Å². The molecule has 0 bridgehead atoms. The van der Waals surface area contributed by atoms with Gasteiger partial charge in [-0.1, -0.05) is 0 Å². The molecule has 0 amide bonds. The first kappa shape index (κ1) is 11.1. The first-order chi connectivity index (χ1) is 7.22. The topological polar surface area (TPSA) is 29.5 Å². The number of piperidine rings is 1. The van der Waals surface area contributed by atoms with Crippen LogP contribution in [0.5, 0.6) is 0 Å². The number of Topliss-reactive ketones (excluding diaryl/α,β-unsaturated/α-hetero) is 1. The van der Waals surface area contributed by atoms with Crippen LogP contribution in [0.15, 0.2) is 0 Å². The van der Waals surface area contributed by atoms with E-state index >= 15 is 0 Å². The Morgan fingerprint density at radius 2 is 2.20 bits per heavy atom. The number of likely N-dealkylation sites (tertiary alicyclic amines) is 1. The van der Waals surface area contributed by atoms with Crippen LogP contribution in [0.3, 0.4) is 0 Å². The van der Waals surface area contributed by atoms with Crippen LogP contribution in [-0.2, 0) is 9.53 Å². The third kappa shape index (κ3) is 2.23. The summed E-state index contributed by atoms with van der Waals surface area (Å²) in [6.07, 6.45) is 5.53. The fourth-order valence-corrected chi connectivity index (χ4v) is 3.08. The monoisotopic (exact) mass is 211 g/mol. The maximum Gasteiger partial charge on any atom is 0.135 e. The Morgan fingerprint density at radius 1 is 1.40 bits per heavy atom. The van der Waals surface area contributed by atoms with Gasteiger partial charge in [-0.2, -0.15) is 0 Å². The molecule has 86 valence electrons. The summed E-state index contributed by atoms with van der Waals surface area (Å²) in [6, 6.07) is 0.963. The zero-order valence-electron chi connectivity index (χ0n) is 9.74. The predicted octanol–water partition coefficient (Wildman–Crippen LogP) is 1.61. The summed E-state index contributed by atoms with van der Waals surface area (Å²) in [6.45, 7) is 3.10. The molecular formula is C12H21NO2. The fraction of sp³-hybridized carbons (Fsp3) is 0.917. The van der Waals surface area contributed by atoms with Crippen LogP contribution in [0.25, 0.3) is 0 Å². The normalized spacial score (nSPS) is 38.5. The van der Waals surface area contributed by atoms with Crippen molar-refractivity contribution in [3.8, 4) is 0 Å². The van der Waals surface area contributed by atoms with Crippen LogP contribution in [0.1, 0.15) is 39.0 Å². The minimum atomic E-state index is 0.389. The predicted molar refractivity (Wildman–Crippen MR) is 58.8 cm³/mol. The first-order valence-corrected chi connectivity index (χ1v) is 6.02. The fourth-order valence-electron chi connectivity index (χ4n) is 3.08. The van der Waals surface area contributed by atoms with Gasteiger partial charge in [-0.25, -0.2) is 0 Å². The first-order valence-electron chi connectivity index (χ1n) is 6.02. The summed E-state index contributed by atoms with van der Waals surface area (Å²) in [5.41, 5.74) is 0. The second kappa shape index (κ2) is 4.62. The van der Waals surface area contributed by atoms with Crippen molar-refractivity contribution < 1.29 is 9.53 Å². The van der Waals surface area contributed by atoms with E-state index in [4.69, 9.17) is 4.74 Å². The molecule has 0 N–H and O–H groups in total. The Kier molecular flexibility index (Phi) is 3.42. The average Bonchev–Trinajstić information content (AvgIpc) is 2.65. The summed E-state index contributed by atoms with van der Waals surface area (Å²) in [5, 5.41) is 0. The molecule has 0 aromatic rings. The number of carbonyl (C=O) groups is 1. The van der Waals surface area contributed by atoms with Crippen LogP contribution in [0.4, 0.5) is 0 Å². The number of ketones is 1. The minimum Gasteiger partial charge on any atom is -0.380 e. The Balaban J connectivity index is 2.00. The number of hydrogen-bond donors (Lipinski definition) is 0. The number of hydrogen-bond acceptors (Lipinski definition) is 3. The number of rotatable bonds is 2. The number of ether oxygens (including phenoxy) is 1. The summed E-state index contributed by atoms with van der Waals surface area (Å²) >= 11 is 0. The summed E-state index contributed by atoms with van der Waals surface area (Å²) in [7, 11) is 1.81. The van der Waals surface area contributed by atoms with Crippen molar-refractivity contribution >= 4 is 5.78 Å². The number of carbonyl (C=O) groups excluding carboxylic acids is 1. The molecule has 15 heavy (non-hydrogen) atoms. The van der Waals surface area contributed by atoms with Crippen molar-refractivity contribution in [3.05, 3.63) is 0 Å². The SMILES string of the molecule is COC1CCCC1N1CCC(=O)CC1C. The molecule has 0 aromatic carbocycles. The van der Waals surface area contributed by atoms with Crippen molar-refractivity contribution in [3.63, 3.8) is 0 Å². The lowest BCUT2D eigenvalue weighted by atomic mass is 9.99. The molecule has 1 heterocycles. The van der Waals surface area contributed by atoms with Gasteiger partial charge in [0.1, 0.15) is 5.78 Å². The van der Waals surface area contributed by atoms with Gasteiger partial charge >= 0.3 is 0 Å². The highest BCUT2D eigenvalue weighted by molar-refractivity contribution is 5.79. The highest BCUT2D eigenvalue weighted by Gasteiger charge is 2.36. The van der Waals surface area contributed by atoms with Gasteiger partial charge in [0, 0.05) is 38.6 Å². The van der Waals surface area contributed by atoms with E-state index in [0.29, 0.717) is 24.0 Å². The van der Waals surface area contributed by atoms with Gasteiger partial charge in [-0.15, -0.1) is 0 Å². The molecule has 0 radical (unpaired) electrons. The lowest BCUT2D eigenvalue weighted by molar-refractivity contribution is -0.124. The van der Waals surface area contributed by atoms with E-state index in [9.17, 15) is 4.79 Å². The zero-order chi connectivity index (χ0) is 10.8. The summed E-state index contributed by atoms with van der Waals surface area (Å²) in [5.74, 6) is 0.422. The molecule has 0 spiro atoms. The molecule has 1 aliphatic carbocycles. The van der Waals surface area contributed by atoms with Crippen molar-refractivity contribution in [1.82, 2.24) is 4.90 Å². The molecular weight excluding hydrogens is 190 g/mol. The quantitative estimate of drug-likeness (QED) is 0.695. The van der Waals surface area contributed by atoms with E-state index in [-0.39, 0.29) is 0 Å². The number of methoxy groups -OCH3 is 1. The van der Waals surface area contributed by atoms with Gasteiger partial charge in [-0.3, -0.25) is 9.69 Å². The lowest BCUT2D eigenvalue weighted by Crippen LogP contribution is -2.50. The zero-order valence-corrected chi connectivity index (χ0v) is 9.74. The van der Waals surface area contributed by atoms with Crippen LogP contribution in [0.2, 0.25) is 0 Å². The third-order valence-corrected chi connectivity index (χ3v) is 3.88. The maximum absolute atomic E-state index is 11.3. The highest BCUT2D eigenvalue weighted by Crippen LogP contribution is 2.30. The Hall–Kier alpha value is -0.410.